The van der Waals surface area contributed by atoms with Gasteiger partial charge >= 0.3 is 0 Å². The van der Waals surface area contributed by atoms with Crippen LogP contribution in [0.15, 0.2) is 12.1 Å². The number of aliphatic hydroxyl groups excluding tert-OH is 1. The van der Waals surface area contributed by atoms with Gasteiger partial charge in [-0.3, -0.25) is 0 Å². The van der Waals surface area contributed by atoms with Gasteiger partial charge in [-0.1, -0.05) is 0 Å². The minimum atomic E-state index is -0.988. The van der Waals surface area contributed by atoms with E-state index in [1.807, 2.05) is 0 Å². The van der Waals surface area contributed by atoms with Crippen LogP contribution < -0.4 is 5.73 Å². The molecule has 0 aliphatic rings. The van der Waals surface area contributed by atoms with Gasteiger partial charge in [-0.25, -0.2) is 13.2 Å². The molecule has 2 nitrogen and oxygen atoms in total. The molecule has 6 heteroatoms. The molecule has 0 spiro atoms. The molecule has 0 aliphatic carbocycles. The number of hydrogen-bond donors (Lipinski definition) is 2. The topological polar surface area (TPSA) is 46.2 Å². The van der Waals surface area contributed by atoms with E-state index in [0.29, 0.717) is 18.6 Å². The number of halogens is 4. The van der Waals surface area contributed by atoms with Gasteiger partial charge in [0.05, 0.1) is 0 Å². The van der Waals surface area contributed by atoms with Gasteiger partial charge in [0.25, 0.3) is 0 Å². The normalized spacial score (nSPS) is 12.1. The van der Waals surface area contributed by atoms with Crippen LogP contribution in [0.2, 0.25) is 0 Å². The predicted molar refractivity (Wildman–Crippen MR) is 56.8 cm³/mol. The van der Waals surface area contributed by atoms with Gasteiger partial charge in [-0.05, 0) is 12.8 Å². The van der Waals surface area contributed by atoms with Crippen molar-refractivity contribution in [2.75, 3.05) is 6.61 Å². The van der Waals surface area contributed by atoms with Crippen LogP contribution in [0.3, 0.4) is 0 Å². The number of aliphatic hydroxyl groups is 1. The lowest BCUT2D eigenvalue weighted by Gasteiger charge is -2.13. The minimum absolute atomic E-state index is 0. The maximum Gasteiger partial charge on any atom is 0.133 e. The summed E-state index contributed by atoms with van der Waals surface area (Å²) in [4.78, 5) is 0. The Kier molecular flexibility index (Phi) is 6.40. The van der Waals surface area contributed by atoms with Crippen LogP contribution in [-0.2, 0) is 0 Å². The van der Waals surface area contributed by atoms with Crippen LogP contribution in [0.1, 0.15) is 24.4 Å². The van der Waals surface area contributed by atoms with Crippen molar-refractivity contribution in [1.82, 2.24) is 0 Å². The second kappa shape index (κ2) is 6.73. The Bertz CT molecular complexity index is 326. The number of rotatable bonds is 4. The SMILES string of the molecule is Cl.N[C@H](CCCO)c1c(F)cc(F)cc1F. The monoisotopic (exact) mass is 255 g/mol. The molecule has 0 aromatic heterocycles. The largest absolute Gasteiger partial charge is 0.396 e. The Morgan fingerprint density at radius 1 is 1.19 bits per heavy atom. The molecular formula is C10H13ClF3NO. The van der Waals surface area contributed by atoms with Gasteiger partial charge in [-0.15, -0.1) is 12.4 Å². The highest BCUT2D eigenvalue weighted by molar-refractivity contribution is 5.85. The maximum atomic E-state index is 13.2. The Labute approximate surface area is 97.7 Å². The van der Waals surface area contributed by atoms with E-state index in [4.69, 9.17) is 10.8 Å². The van der Waals surface area contributed by atoms with Crippen molar-refractivity contribution in [3.8, 4) is 0 Å². The number of nitrogens with two attached hydrogens (primary N) is 1. The van der Waals surface area contributed by atoms with Gasteiger partial charge in [0, 0.05) is 30.3 Å². The van der Waals surface area contributed by atoms with E-state index < -0.39 is 23.5 Å². The van der Waals surface area contributed by atoms with Crippen LogP contribution in [0, 0.1) is 17.5 Å². The number of benzene rings is 1. The van der Waals surface area contributed by atoms with E-state index in [1.54, 1.807) is 0 Å². The fourth-order valence-corrected chi connectivity index (χ4v) is 1.36. The van der Waals surface area contributed by atoms with Crippen LogP contribution in [0.4, 0.5) is 13.2 Å². The van der Waals surface area contributed by atoms with E-state index in [9.17, 15) is 13.2 Å². The van der Waals surface area contributed by atoms with Gasteiger partial charge in [0.15, 0.2) is 0 Å². The highest BCUT2D eigenvalue weighted by atomic mass is 35.5. The summed E-state index contributed by atoms with van der Waals surface area (Å²) in [7, 11) is 0. The maximum absolute atomic E-state index is 13.2. The van der Waals surface area contributed by atoms with Gasteiger partial charge < -0.3 is 10.8 Å². The zero-order chi connectivity index (χ0) is 11.4. The molecule has 3 N–H and O–H groups in total. The molecule has 0 radical (unpaired) electrons. The average Bonchev–Trinajstić information content (AvgIpc) is 2.12. The number of hydrogen-bond acceptors (Lipinski definition) is 2. The first kappa shape index (κ1) is 15.2. The van der Waals surface area contributed by atoms with E-state index in [0.717, 1.165) is 0 Å². The summed E-state index contributed by atoms with van der Waals surface area (Å²) in [5, 5.41) is 8.54. The van der Waals surface area contributed by atoms with E-state index in [1.165, 1.54) is 0 Å². The van der Waals surface area contributed by atoms with Gasteiger partial charge in [0.2, 0.25) is 0 Å². The van der Waals surface area contributed by atoms with Crippen LogP contribution in [0.5, 0.6) is 0 Å². The summed E-state index contributed by atoms with van der Waals surface area (Å²) in [6.07, 6.45) is 0.591. The van der Waals surface area contributed by atoms with Crippen LogP contribution >= 0.6 is 12.4 Å². The summed E-state index contributed by atoms with van der Waals surface area (Å²) in [5.74, 6) is -2.95. The Morgan fingerprint density at radius 2 is 1.69 bits per heavy atom. The zero-order valence-electron chi connectivity index (χ0n) is 8.42. The molecule has 1 aromatic carbocycles. The lowest BCUT2D eigenvalue weighted by Crippen LogP contribution is -2.15. The van der Waals surface area contributed by atoms with Crippen molar-refractivity contribution in [3.05, 3.63) is 35.1 Å². The second-order valence-corrected chi connectivity index (χ2v) is 3.26. The fourth-order valence-electron chi connectivity index (χ4n) is 1.36. The molecule has 0 fully saturated rings. The highest BCUT2D eigenvalue weighted by Crippen LogP contribution is 2.23. The summed E-state index contributed by atoms with van der Waals surface area (Å²) in [6, 6.07) is 0.326. The smallest absolute Gasteiger partial charge is 0.133 e. The van der Waals surface area contributed by atoms with E-state index >= 15 is 0 Å². The molecule has 0 amide bonds. The van der Waals surface area contributed by atoms with Crippen molar-refractivity contribution in [2.24, 2.45) is 5.73 Å². The molecule has 0 aliphatic heterocycles. The molecule has 0 bridgehead atoms. The van der Waals surface area contributed by atoms with E-state index in [-0.39, 0.29) is 31.0 Å². The summed E-state index contributed by atoms with van der Waals surface area (Å²) >= 11 is 0. The summed E-state index contributed by atoms with van der Waals surface area (Å²) in [5.41, 5.74) is 5.19. The second-order valence-electron chi connectivity index (χ2n) is 3.26. The Balaban J connectivity index is 0.00000225. The third-order valence-corrected chi connectivity index (χ3v) is 2.09. The average molecular weight is 256 g/mol. The lowest BCUT2D eigenvalue weighted by molar-refractivity contribution is 0.278. The zero-order valence-corrected chi connectivity index (χ0v) is 9.24. The van der Waals surface area contributed by atoms with Gasteiger partial charge in [-0.2, -0.15) is 0 Å². The summed E-state index contributed by atoms with van der Waals surface area (Å²) < 4.78 is 38.9. The molecule has 0 saturated carbocycles. The molecule has 1 rings (SSSR count). The molecule has 92 valence electrons. The lowest BCUT2D eigenvalue weighted by atomic mass is 10.0. The first-order chi connectivity index (χ1) is 7.06. The molecule has 16 heavy (non-hydrogen) atoms. The first-order valence-corrected chi connectivity index (χ1v) is 4.57. The fraction of sp³-hybridized carbons (Fsp3) is 0.400. The third-order valence-electron chi connectivity index (χ3n) is 2.09. The molecule has 0 saturated heterocycles. The predicted octanol–water partition coefficient (Wildman–Crippen LogP) is 2.30. The Hall–Kier alpha value is -0.780. The minimum Gasteiger partial charge on any atom is -0.396 e. The standard InChI is InChI=1S/C10H12F3NO.ClH/c11-6-4-7(12)10(8(13)5-6)9(14)2-1-3-15;/h4-5,9,15H,1-3,14H2;1H/t9-;/m1./s1. The van der Waals surface area contributed by atoms with Crippen LogP contribution in [0.25, 0.3) is 0 Å². The molecule has 1 atom stereocenters. The van der Waals surface area contributed by atoms with Gasteiger partial charge in [0.1, 0.15) is 17.5 Å². The van der Waals surface area contributed by atoms with Crippen molar-refractivity contribution < 1.29 is 18.3 Å². The molecular weight excluding hydrogens is 243 g/mol. The quantitative estimate of drug-likeness (QED) is 0.867. The first-order valence-electron chi connectivity index (χ1n) is 4.57. The third kappa shape index (κ3) is 3.66. The molecule has 0 unspecified atom stereocenters. The highest BCUT2D eigenvalue weighted by Gasteiger charge is 2.17. The Morgan fingerprint density at radius 3 is 2.12 bits per heavy atom. The van der Waals surface area contributed by atoms with Crippen LogP contribution in [-0.4, -0.2) is 11.7 Å². The molecule has 0 heterocycles. The van der Waals surface area contributed by atoms with E-state index in [2.05, 4.69) is 0 Å². The molecule has 1 aromatic rings. The van der Waals surface area contributed by atoms with Crippen molar-refractivity contribution in [1.29, 1.82) is 0 Å². The van der Waals surface area contributed by atoms with Crippen molar-refractivity contribution in [2.45, 2.75) is 18.9 Å². The van der Waals surface area contributed by atoms with Crippen molar-refractivity contribution in [3.63, 3.8) is 0 Å². The van der Waals surface area contributed by atoms with Crippen molar-refractivity contribution >= 4 is 12.4 Å². The summed E-state index contributed by atoms with van der Waals surface area (Å²) in [6.45, 7) is -0.0991.